The van der Waals surface area contributed by atoms with Gasteiger partial charge in [0.1, 0.15) is 0 Å². The Hall–Kier alpha value is -1.65. The molecule has 0 amide bonds. The van der Waals surface area contributed by atoms with Crippen LogP contribution in [0.3, 0.4) is 0 Å². The topological polar surface area (TPSA) is 64.1 Å². The minimum atomic E-state index is -0.319. The van der Waals surface area contributed by atoms with Gasteiger partial charge in [0.15, 0.2) is 0 Å². The van der Waals surface area contributed by atoms with Crippen LogP contribution in [0.1, 0.15) is 43.7 Å². The predicted molar refractivity (Wildman–Crippen MR) is 83.7 cm³/mol. The van der Waals surface area contributed by atoms with Gasteiger partial charge >= 0.3 is 0 Å². The average Bonchev–Trinajstić information content (AvgIpc) is 2.83. The highest BCUT2D eigenvalue weighted by Crippen LogP contribution is 2.33. The molecule has 2 unspecified atom stereocenters. The highest BCUT2D eigenvalue weighted by atomic mass is 16.3. The van der Waals surface area contributed by atoms with E-state index in [1.54, 1.807) is 0 Å². The lowest BCUT2D eigenvalue weighted by Gasteiger charge is -2.23. The molecule has 0 radical (unpaired) electrons. The zero-order valence-corrected chi connectivity index (χ0v) is 12.3. The van der Waals surface area contributed by atoms with Crippen LogP contribution in [0.2, 0.25) is 0 Å². The number of aliphatic hydroxyl groups is 1. The number of nitrogens with two attached hydrogens (primary N) is 1. The van der Waals surface area contributed by atoms with Crippen LogP contribution in [0, 0.1) is 0 Å². The molecule has 1 saturated carbocycles. The normalized spacial score (nSPS) is 23.0. The quantitative estimate of drug-likeness (QED) is 0.852. The van der Waals surface area contributed by atoms with Crippen molar-refractivity contribution < 1.29 is 5.11 Å². The molecular formula is C17H23N3O. The second-order valence-electron chi connectivity index (χ2n) is 5.81. The second kappa shape index (κ2) is 6.41. The van der Waals surface area contributed by atoms with E-state index in [2.05, 4.69) is 17.2 Å². The average molecular weight is 285 g/mol. The first-order valence-corrected chi connectivity index (χ1v) is 7.81. The van der Waals surface area contributed by atoms with Crippen LogP contribution in [0.5, 0.6) is 0 Å². The molecule has 0 spiro atoms. The van der Waals surface area contributed by atoms with Gasteiger partial charge in [0.25, 0.3) is 0 Å². The fourth-order valence-electron chi connectivity index (χ4n) is 3.27. The number of benzene rings is 1. The third-order valence-electron chi connectivity index (χ3n) is 4.40. The fraction of sp³-hybridized carbons (Fsp3) is 0.471. The second-order valence-corrected chi connectivity index (χ2v) is 5.81. The van der Waals surface area contributed by atoms with Crippen LogP contribution in [-0.2, 0) is 6.54 Å². The Morgan fingerprint density at radius 3 is 2.67 bits per heavy atom. The van der Waals surface area contributed by atoms with Crippen LogP contribution in [-0.4, -0.2) is 21.0 Å². The van der Waals surface area contributed by atoms with Gasteiger partial charge in [-0.1, -0.05) is 49.6 Å². The number of aliphatic hydroxyl groups excluding tert-OH is 1. The molecule has 4 nitrogen and oxygen atoms in total. The molecule has 3 N–H and O–H groups in total. The van der Waals surface area contributed by atoms with Crippen molar-refractivity contribution in [3.05, 3.63) is 42.1 Å². The molecule has 2 atom stereocenters. The Labute approximate surface area is 125 Å². The van der Waals surface area contributed by atoms with E-state index in [0.29, 0.717) is 6.54 Å². The summed E-state index contributed by atoms with van der Waals surface area (Å²) in [6.45, 7) is 0.465. The van der Waals surface area contributed by atoms with E-state index in [1.165, 1.54) is 6.42 Å². The highest BCUT2D eigenvalue weighted by molar-refractivity contribution is 5.63. The van der Waals surface area contributed by atoms with Crippen LogP contribution in [0.4, 0.5) is 0 Å². The minimum absolute atomic E-state index is 0.0583. The van der Waals surface area contributed by atoms with Gasteiger partial charge in [-0.15, -0.1) is 0 Å². The third-order valence-corrected chi connectivity index (χ3v) is 4.40. The van der Waals surface area contributed by atoms with Crippen molar-refractivity contribution in [2.45, 2.75) is 50.8 Å². The molecule has 1 aliphatic carbocycles. The fourth-order valence-corrected chi connectivity index (χ4v) is 3.27. The van der Waals surface area contributed by atoms with Gasteiger partial charge in [0, 0.05) is 17.7 Å². The molecule has 1 aliphatic rings. The monoisotopic (exact) mass is 285 g/mol. The maximum Gasteiger partial charge on any atom is 0.0785 e. The molecule has 2 aromatic rings. The molecule has 3 rings (SSSR count). The predicted octanol–water partition coefficient (Wildman–Crippen LogP) is 2.87. The van der Waals surface area contributed by atoms with Crippen LogP contribution >= 0.6 is 0 Å². The Morgan fingerprint density at radius 1 is 1.14 bits per heavy atom. The lowest BCUT2D eigenvalue weighted by atomic mass is 10.0. The van der Waals surface area contributed by atoms with Gasteiger partial charge in [0.2, 0.25) is 0 Å². The van der Waals surface area contributed by atoms with Gasteiger partial charge in [-0.25, -0.2) is 0 Å². The van der Waals surface area contributed by atoms with Gasteiger partial charge in [-0.2, -0.15) is 5.10 Å². The highest BCUT2D eigenvalue weighted by Gasteiger charge is 2.27. The summed E-state index contributed by atoms with van der Waals surface area (Å²) in [6, 6.07) is 10.3. The maximum atomic E-state index is 10.5. The minimum Gasteiger partial charge on any atom is -0.391 e. The SMILES string of the molecule is NCc1cnn(C2CCCCCC2O)c1-c1ccccc1. The molecule has 1 heterocycles. The van der Waals surface area contributed by atoms with E-state index in [-0.39, 0.29) is 12.1 Å². The summed E-state index contributed by atoms with van der Waals surface area (Å²) in [7, 11) is 0. The van der Waals surface area contributed by atoms with Crippen molar-refractivity contribution in [3.63, 3.8) is 0 Å². The Kier molecular flexibility index (Phi) is 4.36. The van der Waals surface area contributed by atoms with Crippen molar-refractivity contribution in [3.8, 4) is 11.3 Å². The smallest absolute Gasteiger partial charge is 0.0785 e. The van der Waals surface area contributed by atoms with Crippen molar-refractivity contribution in [1.29, 1.82) is 0 Å². The molecule has 4 heteroatoms. The number of rotatable bonds is 3. The summed E-state index contributed by atoms with van der Waals surface area (Å²) in [4.78, 5) is 0. The van der Waals surface area contributed by atoms with Crippen molar-refractivity contribution >= 4 is 0 Å². The van der Waals surface area contributed by atoms with E-state index >= 15 is 0 Å². The van der Waals surface area contributed by atoms with Gasteiger partial charge in [-0.3, -0.25) is 4.68 Å². The zero-order chi connectivity index (χ0) is 14.7. The molecule has 0 aliphatic heterocycles. The molecule has 1 aromatic heterocycles. The van der Waals surface area contributed by atoms with E-state index in [4.69, 9.17) is 5.73 Å². The summed E-state index contributed by atoms with van der Waals surface area (Å²) < 4.78 is 2.01. The van der Waals surface area contributed by atoms with E-state index in [1.807, 2.05) is 29.1 Å². The van der Waals surface area contributed by atoms with Gasteiger partial charge in [-0.05, 0) is 12.8 Å². The van der Waals surface area contributed by atoms with Crippen molar-refractivity contribution in [2.24, 2.45) is 5.73 Å². The largest absolute Gasteiger partial charge is 0.391 e. The Balaban J connectivity index is 2.04. The number of hydrogen-bond acceptors (Lipinski definition) is 3. The molecular weight excluding hydrogens is 262 g/mol. The summed E-state index contributed by atoms with van der Waals surface area (Å²) in [6.07, 6.45) is 6.81. The summed E-state index contributed by atoms with van der Waals surface area (Å²) in [5.74, 6) is 0. The van der Waals surface area contributed by atoms with E-state index in [0.717, 1.165) is 42.5 Å². The molecule has 1 aromatic carbocycles. The van der Waals surface area contributed by atoms with Crippen LogP contribution in [0.15, 0.2) is 36.5 Å². The van der Waals surface area contributed by atoms with Crippen molar-refractivity contribution in [2.75, 3.05) is 0 Å². The molecule has 0 saturated heterocycles. The molecule has 1 fully saturated rings. The zero-order valence-electron chi connectivity index (χ0n) is 12.3. The van der Waals surface area contributed by atoms with E-state index in [9.17, 15) is 5.11 Å². The van der Waals surface area contributed by atoms with Gasteiger partial charge < -0.3 is 10.8 Å². The van der Waals surface area contributed by atoms with Gasteiger partial charge in [0.05, 0.1) is 24.0 Å². The molecule has 112 valence electrons. The standard InChI is InChI=1S/C17H23N3O/c18-11-14-12-19-20(15-9-5-2-6-10-16(15)21)17(14)13-7-3-1-4-8-13/h1,3-4,7-8,12,15-16,21H,2,5-6,9-11,18H2. The number of nitrogens with zero attached hydrogens (tertiary/aromatic N) is 2. The third kappa shape index (κ3) is 2.87. The molecule has 21 heavy (non-hydrogen) atoms. The summed E-state index contributed by atoms with van der Waals surface area (Å²) in [5, 5.41) is 15.0. The Morgan fingerprint density at radius 2 is 1.90 bits per heavy atom. The maximum absolute atomic E-state index is 10.5. The van der Waals surface area contributed by atoms with Crippen LogP contribution in [0.25, 0.3) is 11.3 Å². The summed E-state index contributed by atoms with van der Waals surface area (Å²) >= 11 is 0. The lowest BCUT2D eigenvalue weighted by molar-refractivity contribution is 0.0999. The van der Waals surface area contributed by atoms with Crippen molar-refractivity contribution in [1.82, 2.24) is 9.78 Å². The first-order chi connectivity index (χ1) is 10.3. The first kappa shape index (κ1) is 14.3. The number of aromatic nitrogens is 2. The first-order valence-electron chi connectivity index (χ1n) is 7.81. The lowest BCUT2D eigenvalue weighted by Crippen LogP contribution is -2.24. The van der Waals surface area contributed by atoms with E-state index < -0.39 is 0 Å². The molecule has 0 bridgehead atoms. The van der Waals surface area contributed by atoms with Crippen LogP contribution < -0.4 is 5.73 Å². The Bertz CT molecular complexity index is 579. The summed E-state index contributed by atoms with van der Waals surface area (Å²) in [5.41, 5.74) is 9.10. The number of hydrogen-bond donors (Lipinski definition) is 2.